The molecule has 0 unspecified atom stereocenters. The summed E-state index contributed by atoms with van der Waals surface area (Å²) in [6, 6.07) is 10.5. The second kappa shape index (κ2) is 5.49. The highest BCUT2D eigenvalue weighted by molar-refractivity contribution is 7.92. The molecule has 0 spiro atoms. The van der Waals surface area contributed by atoms with E-state index in [1.807, 2.05) is 6.07 Å². The fourth-order valence-corrected chi connectivity index (χ4v) is 2.58. The van der Waals surface area contributed by atoms with Gasteiger partial charge >= 0.3 is 0 Å². The molecule has 0 saturated carbocycles. The van der Waals surface area contributed by atoms with Crippen LogP contribution in [0.5, 0.6) is 0 Å². The monoisotopic (exact) mass is 299 g/mol. The molecule has 0 bridgehead atoms. The van der Waals surface area contributed by atoms with Crippen LogP contribution < -0.4 is 10.5 Å². The van der Waals surface area contributed by atoms with Crippen LogP contribution in [0.25, 0.3) is 0 Å². The Morgan fingerprint density at radius 3 is 2.48 bits per heavy atom. The van der Waals surface area contributed by atoms with Crippen LogP contribution in [0.1, 0.15) is 11.3 Å². The number of nitriles is 2. The number of sulfonamides is 1. The lowest BCUT2D eigenvalue weighted by atomic mass is 10.2. The molecule has 0 radical (unpaired) electrons. The second-order valence-corrected chi connectivity index (χ2v) is 5.70. The van der Waals surface area contributed by atoms with Crippen LogP contribution in [0.3, 0.4) is 0 Å². The zero-order valence-corrected chi connectivity index (χ0v) is 11.4. The largest absolute Gasteiger partial charge is 0.399 e. The van der Waals surface area contributed by atoms with Gasteiger partial charge in [-0.15, -0.1) is 0 Å². The first-order valence-corrected chi connectivity index (χ1v) is 7.13. The van der Waals surface area contributed by atoms with E-state index in [0.717, 1.165) is 6.20 Å². The summed E-state index contributed by atoms with van der Waals surface area (Å²) in [6.45, 7) is 0. The predicted octanol–water partition coefficient (Wildman–Crippen LogP) is 1.21. The van der Waals surface area contributed by atoms with Crippen molar-refractivity contribution in [2.45, 2.75) is 4.90 Å². The first-order valence-electron chi connectivity index (χ1n) is 5.65. The van der Waals surface area contributed by atoms with Crippen molar-refractivity contribution in [2.24, 2.45) is 0 Å². The highest BCUT2D eigenvalue weighted by Crippen LogP contribution is 2.21. The summed E-state index contributed by atoms with van der Waals surface area (Å²) >= 11 is 0. The van der Waals surface area contributed by atoms with Gasteiger partial charge in [-0.2, -0.15) is 10.5 Å². The number of nitrogens with one attached hydrogen (secondary N) is 1. The van der Waals surface area contributed by atoms with E-state index in [9.17, 15) is 8.42 Å². The van der Waals surface area contributed by atoms with E-state index in [4.69, 9.17) is 16.3 Å². The number of rotatable bonds is 3. The Labute approximate surface area is 121 Å². The number of nitrogens with two attached hydrogens (primary N) is 1. The third kappa shape index (κ3) is 3.08. The maximum atomic E-state index is 12.2. The summed E-state index contributed by atoms with van der Waals surface area (Å²) in [4.78, 5) is 3.59. The van der Waals surface area contributed by atoms with E-state index in [1.165, 1.54) is 30.3 Å². The molecule has 1 aromatic heterocycles. The Morgan fingerprint density at radius 1 is 1.14 bits per heavy atom. The van der Waals surface area contributed by atoms with Gasteiger partial charge < -0.3 is 5.73 Å². The maximum Gasteiger partial charge on any atom is 0.263 e. The normalized spacial score (nSPS) is 10.4. The van der Waals surface area contributed by atoms with E-state index in [-0.39, 0.29) is 21.8 Å². The third-order valence-electron chi connectivity index (χ3n) is 2.57. The molecule has 0 atom stereocenters. The number of nitrogen functional groups attached to an aromatic ring is 1. The Morgan fingerprint density at radius 2 is 1.90 bits per heavy atom. The lowest BCUT2D eigenvalue weighted by Gasteiger charge is -2.09. The average Bonchev–Trinajstić information content (AvgIpc) is 2.49. The van der Waals surface area contributed by atoms with Gasteiger partial charge in [-0.3, -0.25) is 4.72 Å². The van der Waals surface area contributed by atoms with Crippen LogP contribution in [-0.2, 0) is 10.0 Å². The van der Waals surface area contributed by atoms with Crippen LogP contribution in [-0.4, -0.2) is 13.4 Å². The van der Waals surface area contributed by atoms with Gasteiger partial charge in [0.25, 0.3) is 10.0 Å². The molecule has 104 valence electrons. The Bertz CT molecular complexity index is 861. The smallest absolute Gasteiger partial charge is 0.263 e. The van der Waals surface area contributed by atoms with E-state index in [1.54, 1.807) is 6.07 Å². The minimum atomic E-state index is -3.90. The van der Waals surface area contributed by atoms with Crippen LogP contribution in [0.15, 0.2) is 41.4 Å². The zero-order chi connectivity index (χ0) is 15.5. The number of pyridine rings is 1. The molecular formula is C13H9N5O2S. The van der Waals surface area contributed by atoms with Crippen molar-refractivity contribution in [1.29, 1.82) is 10.5 Å². The molecule has 0 aliphatic heterocycles. The van der Waals surface area contributed by atoms with Gasteiger partial charge in [0, 0.05) is 11.9 Å². The standard InChI is InChI=1S/C13H9N5O2S/c14-6-9-5-10(16)1-4-13(9)18-21(19,20)12-3-2-11(7-15)17-8-12/h1-5,8,18H,16H2. The van der Waals surface area contributed by atoms with Gasteiger partial charge in [0.1, 0.15) is 22.7 Å². The van der Waals surface area contributed by atoms with Crippen molar-refractivity contribution in [3.8, 4) is 12.1 Å². The first kappa shape index (κ1) is 14.3. The highest BCUT2D eigenvalue weighted by Gasteiger charge is 2.16. The molecule has 0 fully saturated rings. The quantitative estimate of drug-likeness (QED) is 0.818. The number of anilines is 2. The molecule has 1 aromatic carbocycles. The number of nitrogens with zero attached hydrogens (tertiary/aromatic N) is 3. The van der Waals surface area contributed by atoms with Crippen molar-refractivity contribution in [3.63, 3.8) is 0 Å². The van der Waals surface area contributed by atoms with Crippen LogP contribution in [0.4, 0.5) is 11.4 Å². The summed E-state index contributed by atoms with van der Waals surface area (Å²) in [6.07, 6.45) is 1.07. The average molecular weight is 299 g/mol. The van der Waals surface area contributed by atoms with Crippen LogP contribution in [0.2, 0.25) is 0 Å². The Hall–Kier alpha value is -3.10. The fraction of sp³-hybridized carbons (Fsp3) is 0. The molecule has 0 saturated heterocycles. The Kier molecular flexibility index (Phi) is 3.74. The van der Waals surface area contributed by atoms with Gasteiger partial charge in [-0.05, 0) is 30.3 Å². The third-order valence-corrected chi connectivity index (χ3v) is 3.92. The molecule has 7 nitrogen and oxygen atoms in total. The van der Waals surface area contributed by atoms with Crippen LogP contribution in [0, 0.1) is 22.7 Å². The molecule has 21 heavy (non-hydrogen) atoms. The molecule has 8 heteroatoms. The van der Waals surface area contributed by atoms with Gasteiger partial charge in [0.15, 0.2) is 0 Å². The zero-order valence-electron chi connectivity index (χ0n) is 10.6. The minimum absolute atomic E-state index is 0.109. The fourth-order valence-electron chi connectivity index (χ4n) is 1.55. The van der Waals surface area contributed by atoms with Gasteiger partial charge in [-0.25, -0.2) is 13.4 Å². The van der Waals surface area contributed by atoms with Crippen molar-refractivity contribution in [1.82, 2.24) is 4.98 Å². The van der Waals surface area contributed by atoms with E-state index >= 15 is 0 Å². The molecule has 0 aliphatic carbocycles. The summed E-state index contributed by atoms with van der Waals surface area (Å²) < 4.78 is 26.6. The second-order valence-electron chi connectivity index (χ2n) is 4.01. The molecule has 0 aliphatic rings. The number of aromatic nitrogens is 1. The van der Waals surface area contributed by atoms with Crippen molar-refractivity contribution in [3.05, 3.63) is 47.8 Å². The lowest BCUT2D eigenvalue weighted by Crippen LogP contribution is -2.14. The van der Waals surface area contributed by atoms with Crippen molar-refractivity contribution in [2.75, 3.05) is 10.5 Å². The summed E-state index contributed by atoms with van der Waals surface area (Å²) in [5.41, 5.74) is 6.24. The van der Waals surface area contributed by atoms with Crippen LogP contribution >= 0.6 is 0 Å². The summed E-state index contributed by atoms with van der Waals surface area (Å²) in [7, 11) is -3.90. The molecule has 1 heterocycles. The van der Waals surface area contributed by atoms with E-state index in [0.29, 0.717) is 5.69 Å². The highest BCUT2D eigenvalue weighted by atomic mass is 32.2. The molecule has 3 N–H and O–H groups in total. The molecular weight excluding hydrogens is 290 g/mol. The summed E-state index contributed by atoms with van der Waals surface area (Å²) in [5, 5.41) is 17.6. The van der Waals surface area contributed by atoms with Gasteiger partial charge in [0.2, 0.25) is 0 Å². The van der Waals surface area contributed by atoms with Gasteiger partial charge in [-0.1, -0.05) is 0 Å². The SMILES string of the molecule is N#Cc1ccc(S(=O)(=O)Nc2ccc(N)cc2C#N)cn1. The molecule has 2 aromatic rings. The van der Waals surface area contributed by atoms with Gasteiger partial charge in [0.05, 0.1) is 11.3 Å². The maximum absolute atomic E-state index is 12.2. The van der Waals surface area contributed by atoms with Crippen molar-refractivity contribution >= 4 is 21.4 Å². The number of hydrogen-bond acceptors (Lipinski definition) is 6. The summed E-state index contributed by atoms with van der Waals surface area (Å²) in [5.74, 6) is 0. The van der Waals surface area contributed by atoms with E-state index in [2.05, 4.69) is 9.71 Å². The number of hydrogen-bond donors (Lipinski definition) is 2. The number of benzene rings is 1. The Balaban J connectivity index is 2.38. The first-order chi connectivity index (χ1) is 9.96. The minimum Gasteiger partial charge on any atom is -0.399 e. The molecule has 2 rings (SSSR count). The lowest BCUT2D eigenvalue weighted by molar-refractivity contribution is 0.601. The molecule has 0 amide bonds. The topological polar surface area (TPSA) is 133 Å². The van der Waals surface area contributed by atoms with E-state index < -0.39 is 10.0 Å². The predicted molar refractivity (Wildman–Crippen MR) is 75.3 cm³/mol. The van der Waals surface area contributed by atoms with Crippen molar-refractivity contribution < 1.29 is 8.42 Å².